The Morgan fingerprint density at radius 1 is 0.657 bits per heavy atom. The van der Waals surface area contributed by atoms with E-state index in [4.69, 9.17) is 9.47 Å². The third-order valence-corrected chi connectivity index (χ3v) is 4.47. The highest BCUT2D eigenvalue weighted by Gasteiger charge is 2.18. The van der Waals surface area contributed by atoms with Crippen LogP contribution < -0.4 is 20.1 Å². The summed E-state index contributed by atoms with van der Waals surface area (Å²) in [5.41, 5.74) is 0.0143. The van der Waals surface area contributed by atoms with Crippen LogP contribution in [-0.4, -0.2) is 34.8 Å². The van der Waals surface area contributed by atoms with Crippen LogP contribution >= 0.6 is 0 Å². The van der Waals surface area contributed by atoms with Gasteiger partial charge in [-0.2, -0.15) is 0 Å². The Hall–Kier alpha value is -4.99. The van der Waals surface area contributed by atoms with Gasteiger partial charge in [-0.05, 0) is 42.5 Å². The van der Waals surface area contributed by atoms with Gasteiger partial charge in [0.05, 0.1) is 16.7 Å². The van der Waals surface area contributed by atoms with Crippen molar-refractivity contribution in [1.82, 2.24) is 0 Å². The zero-order chi connectivity index (χ0) is 25.5. The number of ether oxygens (including phenoxy) is 2. The zero-order valence-electron chi connectivity index (χ0n) is 18.7. The molecule has 0 bridgehead atoms. The fourth-order valence-electron chi connectivity index (χ4n) is 3.09. The molecular weight excluding hydrogens is 456 g/mol. The molecule has 0 heterocycles. The molecule has 0 aliphatic heterocycles. The average Bonchev–Trinajstić information content (AvgIpc) is 2.78. The molecule has 3 rings (SSSR count). The van der Waals surface area contributed by atoms with Crippen LogP contribution in [0.2, 0.25) is 0 Å². The van der Waals surface area contributed by atoms with E-state index in [1.807, 2.05) is 0 Å². The molecule has 0 radical (unpaired) electrons. The fraction of sp³-hybridized carbons (Fsp3) is 0.0800. The van der Waals surface area contributed by atoms with Crippen LogP contribution in [0.1, 0.15) is 44.9 Å². The van der Waals surface area contributed by atoms with Gasteiger partial charge in [-0.3, -0.25) is 19.2 Å². The Morgan fingerprint density at radius 2 is 1.06 bits per heavy atom. The van der Waals surface area contributed by atoms with Gasteiger partial charge in [-0.1, -0.05) is 24.3 Å². The number of benzene rings is 3. The normalized spacial score (nSPS) is 10.1. The van der Waals surface area contributed by atoms with E-state index in [0.717, 1.165) is 0 Å². The number of esters is 2. The zero-order valence-corrected chi connectivity index (χ0v) is 18.7. The molecule has 0 saturated carbocycles. The highest BCUT2D eigenvalue weighted by molar-refractivity contribution is 6.09. The Balaban J connectivity index is 1.90. The summed E-state index contributed by atoms with van der Waals surface area (Å²) in [5, 5.41) is 14.6. The van der Waals surface area contributed by atoms with Crippen molar-refractivity contribution in [3.05, 3.63) is 83.4 Å². The molecule has 2 amide bonds. The number of para-hydroxylation sites is 2. The van der Waals surface area contributed by atoms with E-state index in [0.29, 0.717) is 0 Å². The molecule has 0 aromatic heterocycles. The molecule has 10 nitrogen and oxygen atoms in total. The van der Waals surface area contributed by atoms with Crippen LogP contribution in [0, 0.1) is 0 Å². The van der Waals surface area contributed by atoms with Crippen molar-refractivity contribution in [2.45, 2.75) is 13.8 Å². The standard InChI is InChI=1S/C25H20N2O8/c1-14(28)34-21-9-5-3-7-19(21)23(30)26-17-11-16(25(32)33)12-18(13-17)27-24(31)20-8-4-6-10-22(20)35-15(2)29/h3-13H,1-2H3,(H,26,30)(H,27,31)(H,32,33). The second kappa shape index (κ2) is 10.8. The lowest BCUT2D eigenvalue weighted by atomic mass is 10.1. The summed E-state index contributed by atoms with van der Waals surface area (Å²) >= 11 is 0. The van der Waals surface area contributed by atoms with E-state index >= 15 is 0 Å². The van der Waals surface area contributed by atoms with Gasteiger partial charge >= 0.3 is 17.9 Å². The minimum Gasteiger partial charge on any atom is -0.478 e. The largest absolute Gasteiger partial charge is 0.478 e. The summed E-state index contributed by atoms with van der Waals surface area (Å²) in [6, 6.07) is 15.8. The number of amides is 2. The molecule has 3 N–H and O–H groups in total. The Labute approximate surface area is 199 Å². The SMILES string of the molecule is CC(=O)Oc1ccccc1C(=O)Nc1cc(NC(=O)c2ccccc2OC(C)=O)cc(C(=O)O)c1. The van der Waals surface area contributed by atoms with Gasteiger partial charge in [0.2, 0.25) is 0 Å². The van der Waals surface area contributed by atoms with E-state index in [2.05, 4.69) is 10.6 Å². The summed E-state index contributed by atoms with van der Waals surface area (Å²) in [6.45, 7) is 2.39. The topological polar surface area (TPSA) is 148 Å². The van der Waals surface area contributed by atoms with Crippen LogP contribution in [0.25, 0.3) is 0 Å². The van der Waals surface area contributed by atoms with Crippen LogP contribution in [0.4, 0.5) is 11.4 Å². The number of hydrogen-bond acceptors (Lipinski definition) is 7. The van der Waals surface area contributed by atoms with Crippen molar-refractivity contribution in [1.29, 1.82) is 0 Å². The van der Waals surface area contributed by atoms with Crippen LogP contribution in [0.15, 0.2) is 66.7 Å². The molecule has 0 fully saturated rings. The highest BCUT2D eigenvalue weighted by atomic mass is 16.5. The lowest BCUT2D eigenvalue weighted by Gasteiger charge is -2.13. The number of aromatic carboxylic acids is 1. The van der Waals surface area contributed by atoms with E-state index in [1.54, 1.807) is 24.3 Å². The maximum atomic E-state index is 12.8. The second-order valence-electron chi connectivity index (χ2n) is 7.19. The van der Waals surface area contributed by atoms with E-state index in [9.17, 15) is 29.1 Å². The lowest BCUT2D eigenvalue weighted by molar-refractivity contribution is -0.132. The van der Waals surface area contributed by atoms with Gasteiger partial charge in [0.1, 0.15) is 11.5 Å². The maximum Gasteiger partial charge on any atom is 0.335 e. The van der Waals surface area contributed by atoms with Gasteiger partial charge in [0, 0.05) is 25.2 Å². The molecule has 3 aromatic carbocycles. The first-order valence-electron chi connectivity index (χ1n) is 10.2. The molecule has 10 heteroatoms. The van der Waals surface area contributed by atoms with Gasteiger partial charge in [-0.15, -0.1) is 0 Å². The number of carbonyl (C=O) groups is 5. The predicted molar refractivity (Wildman–Crippen MR) is 125 cm³/mol. The number of rotatable bonds is 7. The number of hydrogen-bond donors (Lipinski definition) is 3. The quantitative estimate of drug-likeness (QED) is 0.345. The van der Waals surface area contributed by atoms with E-state index in [1.165, 1.54) is 56.3 Å². The van der Waals surface area contributed by atoms with Crippen LogP contribution in [0.3, 0.4) is 0 Å². The van der Waals surface area contributed by atoms with E-state index < -0.39 is 29.7 Å². The van der Waals surface area contributed by atoms with Gasteiger partial charge in [0.25, 0.3) is 11.8 Å². The Bertz CT molecular complexity index is 1240. The van der Waals surface area contributed by atoms with Crippen molar-refractivity contribution in [3.63, 3.8) is 0 Å². The lowest BCUT2D eigenvalue weighted by Crippen LogP contribution is -2.17. The van der Waals surface area contributed by atoms with Gasteiger partial charge in [0.15, 0.2) is 0 Å². The molecule has 0 aliphatic rings. The number of carboxylic acid groups (broad SMARTS) is 1. The minimum atomic E-state index is -1.29. The summed E-state index contributed by atoms with van der Waals surface area (Å²) < 4.78 is 10.1. The van der Waals surface area contributed by atoms with E-state index in [-0.39, 0.29) is 39.6 Å². The summed E-state index contributed by atoms with van der Waals surface area (Å²) in [6.07, 6.45) is 0. The van der Waals surface area contributed by atoms with Gasteiger partial charge < -0.3 is 25.2 Å². The maximum absolute atomic E-state index is 12.8. The smallest absolute Gasteiger partial charge is 0.335 e. The Kier molecular flexibility index (Phi) is 7.57. The van der Waals surface area contributed by atoms with Crippen molar-refractivity contribution in [2.75, 3.05) is 10.6 Å². The molecular formula is C25H20N2O8. The molecule has 178 valence electrons. The second-order valence-corrected chi connectivity index (χ2v) is 7.19. The molecule has 0 atom stereocenters. The minimum absolute atomic E-state index is 0.0301. The predicted octanol–water partition coefficient (Wildman–Crippen LogP) is 3.74. The van der Waals surface area contributed by atoms with Crippen LogP contribution in [0.5, 0.6) is 11.5 Å². The number of anilines is 2. The van der Waals surface area contributed by atoms with Crippen LogP contribution in [-0.2, 0) is 9.59 Å². The van der Waals surface area contributed by atoms with Crippen molar-refractivity contribution in [3.8, 4) is 11.5 Å². The summed E-state index contributed by atoms with van der Waals surface area (Å²) in [7, 11) is 0. The number of carbonyl (C=O) groups excluding carboxylic acids is 4. The first-order chi connectivity index (χ1) is 16.6. The Morgan fingerprint density at radius 3 is 1.43 bits per heavy atom. The highest BCUT2D eigenvalue weighted by Crippen LogP contribution is 2.25. The molecule has 0 unspecified atom stereocenters. The summed E-state index contributed by atoms with van der Waals surface area (Å²) in [4.78, 5) is 59.9. The third kappa shape index (κ3) is 6.51. The van der Waals surface area contributed by atoms with Gasteiger partial charge in [-0.25, -0.2) is 4.79 Å². The molecule has 35 heavy (non-hydrogen) atoms. The number of carboxylic acids is 1. The molecule has 0 spiro atoms. The summed E-state index contributed by atoms with van der Waals surface area (Å²) in [5.74, 6) is -3.79. The monoisotopic (exact) mass is 476 g/mol. The van der Waals surface area contributed by atoms with Crippen molar-refractivity contribution >= 4 is 41.1 Å². The molecule has 3 aromatic rings. The van der Waals surface area contributed by atoms with Crippen molar-refractivity contribution < 1.29 is 38.6 Å². The average molecular weight is 476 g/mol. The first kappa shape index (κ1) is 24.6. The van der Waals surface area contributed by atoms with Crippen molar-refractivity contribution in [2.24, 2.45) is 0 Å². The fourth-order valence-corrected chi connectivity index (χ4v) is 3.09. The number of nitrogens with one attached hydrogen (secondary N) is 2. The first-order valence-corrected chi connectivity index (χ1v) is 10.2. The molecule has 0 aliphatic carbocycles. The molecule has 0 saturated heterocycles. The third-order valence-electron chi connectivity index (χ3n) is 4.47.